The first kappa shape index (κ1) is 19.2. The highest BCUT2D eigenvalue weighted by Gasteiger charge is 2.16. The Labute approximate surface area is 163 Å². The number of ether oxygens (including phenoxy) is 1. The predicted molar refractivity (Wildman–Crippen MR) is 110 cm³/mol. The molecule has 0 saturated heterocycles. The molecule has 1 unspecified atom stereocenters. The quantitative estimate of drug-likeness (QED) is 0.601. The van der Waals surface area contributed by atoms with Crippen LogP contribution in [0.4, 0.5) is 0 Å². The molecule has 2 nitrogen and oxygen atoms in total. The Morgan fingerprint density at radius 3 is 2.11 bits per heavy atom. The third-order valence-corrected chi connectivity index (χ3v) is 5.20. The molecule has 27 heavy (non-hydrogen) atoms. The number of benzene rings is 2. The molecule has 0 spiro atoms. The van der Waals surface area contributed by atoms with E-state index >= 15 is 0 Å². The van der Waals surface area contributed by atoms with Crippen LogP contribution in [0.5, 0.6) is 5.75 Å². The standard InChI is InChI=1S/C25H28O2/c1-3-6-25(26)19(2)22-15-11-20(12-16-22)9-10-21-13-17-24(18-14-21)27-23-7-4-5-8-23/h11-19,23H,3-8H2,1-2H3. The molecular formula is C25H28O2. The van der Waals surface area contributed by atoms with Crippen LogP contribution in [-0.4, -0.2) is 11.9 Å². The monoisotopic (exact) mass is 360 g/mol. The van der Waals surface area contributed by atoms with Crippen LogP contribution in [0.2, 0.25) is 0 Å². The maximum atomic E-state index is 12.0. The Kier molecular flexibility index (Phi) is 6.71. The largest absolute Gasteiger partial charge is 0.490 e. The van der Waals surface area contributed by atoms with Crippen LogP contribution in [-0.2, 0) is 4.79 Å². The van der Waals surface area contributed by atoms with Crippen molar-refractivity contribution in [2.24, 2.45) is 0 Å². The van der Waals surface area contributed by atoms with E-state index in [-0.39, 0.29) is 5.92 Å². The molecule has 0 amide bonds. The van der Waals surface area contributed by atoms with Crippen molar-refractivity contribution in [1.82, 2.24) is 0 Å². The van der Waals surface area contributed by atoms with Crippen molar-refractivity contribution in [1.29, 1.82) is 0 Å². The minimum Gasteiger partial charge on any atom is -0.490 e. The van der Waals surface area contributed by atoms with Crippen LogP contribution in [0.25, 0.3) is 0 Å². The molecule has 0 aromatic heterocycles. The van der Waals surface area contributed by atoms with Gasteiger partial charge in [0, 0.05) is 23.5 Å². The molecular weight excluding hydrogens is 332 g/mol. The molecule has 0 heterocycles. The highest BCUT2D eigenvalue weighted by atomic mass is 16.5. The predicted octanol–water partition coefficient (Wildman–Crippen LogP) is 5.88. The van der Waals surface area contributed by atoms with Crippen molar-refractivity contribution >= 4 is 5.78 Å². The molecule has 140 valence electrons. The zero-order valence-electron chi connectivity index (χ0n) is 16.3. The van der Waals surface area contributed by atoms with E-state index in [9.17, 15) is 4.79 Å². The molecule has 0 aliphatic heterocycles. The van der Waals surface area contributed by atoms with Gasteiger partial charge >= 0.3 is 0 Å². The second-order valence-electron chi connectivity index (χ2n) is 7.36. The Morgan fingerprint density at radius 2 is 1.56 bits per heavy atom. The summed E-state index contributed by atoms with van der Waals surface area (Å²) in [7, 11) is 0. The van der Waals surface area contributed by atoms with Crippen molar-refractivity contribution in [3.05, 3.63) is 65.2 Å². The fourth-order valence-electron chi connectivity index (χ4n) is 3.46. The van der Waals surface area contributed by atoms with Crippen LogP contribution in [0.15, 0.2) is 48.5 Å². The summed E-state index contributed by atoms with van der Waals surface area (Å²) in [5.41, 5.74) is 3.00. The van der Waals surface area contributed by atoms with Gasteiger partial charge in [0.15, 0.2) is 0 Å². The van der Waals surface area contributed by atoms with Gasteiger partial charge in [0.2, 0.25) is 0 Å². The van der Waals surface area contributed by atoms with Crippen LogP contribution in [0.1, 0.15) is 75.0 Å². The number of ketones is 1. The smallest absolute Gasteiger partial charge is 0.140 e. The van der Waals surface area contributed by atoms with E-state index in [1.165, 1.54) is 25.7 Å². The van der Waals surface area contributed by atoms with Crippen LogP contribution >= 0.6 is 0 Å². The number of rotatable bonds is 6. The third-order valence-electron chi connectivity index (χ3n) is 5.20. The van der Waals surface area contributed by atoms with E-state index < -0.39 is 0 Å². The molecule has 3 rings (SSSR count). The van der Waals surface area contributed by atoms with Crippen molar-refractivity contribution < 1.29 is 9.53 Å². The normalized spacial score (nSPS) is 15.0. The zero-order chi connectivity index (χ0) is 19.1. The van der Waals surface area contributed by atoms with Gasteiger partial charge in [0.1, 0.15) is 11.5 Å². The zero-order valence-corrected chi connectivity index (χ0v) is 16.3. The maximum Gasteiger partial charge on any atom is 0.140 e. The van der Waals surface area contributed by atoms with Crippen molar-refractivity contribution in [2.45, 2.75) is 64.4 Å². The van der Waals surface area contributed by atoms with E-state index in [0.717, 1.165) is 28.9 Å². The van der Waals surface area contributed by atoms with Gasteiger partial charge in [-0.25, -0.2) is 0 Å². The van der Waals surface area contributed by atoms with E-state index in [2.05, 4.69) is 11.8 Å². The lowest BCUT2D eigenvalue weighted by atomic mass is 9.93. The molecule has 1 fully saturated rings. The summed E-state index contributed by atoms with van der Waals surface area (Å²) in [5, 5.41) is 0. The van der Waals surface area contributed by atoms with Gasteiger partial charge < -0.3 is 4.74 Å². The molecule has 0 bridgehead atoms. The maximum absolute atomic E-state index is 12.0. The Balaban J connectivity index is 1.60. The van der Waals surface area contributed by atoms with E-state index in [0.29, 0.717) is 18.3 Å². The molecule has 1 atom stereocenters. The SMILES string of the molecule is CCCC(=O)C(C)c1ccc(C#Cc2ccc(OC3CCCC3)cc2)cc1. The van der Waals surface area contributed by atoms with Gasteiger partial charge in [-0.05, 0) is 74.1 Å². The van der Waals surface area contributed by atoms with Crippen LogP contribution < -0.4 is 4.74 Å². The molecule has 0 radical (unpaired) electrons. The van der Waals surface area contributed by atoms with Gasteiger partial charge in [-0.15, -0.1) is 0 Å². The van der Waals surface area contributed by atoms with Crippen LogP contribution in [0, 0.1) is 11.8 Å². The average molecular weight is 360 g/mol. The number of hydrogen-bond donors (Lipinski definition) is 0. The van der Waals surface area contributed by atoms with E-state index in [1.807, 2.05) is 62.4 Å². The molecule has 1 aliphatic rings. The molecule has 0 N–H and O–H groups in total. The highest BCUT2D eigenvalue weighted by Crippen LogP contribution is 2.24. The summed E-state index contributed by atoms with van der Waals surface area (Å²) >= 11 is 0. The van der Waals surface area contributed by atoms with Gasteiger partial charge in [0.05, 0.1) is 6.10 Å². The van der Waals surface area contributed by atoms with Crippen molar-refractivity contribution in [3.63, 3.8) is 0 Å². The number of hydrogen-bond acceptors (Lipinski definition) is 2. The van der Waals surface area contributed by atoms with Crippen molar-refractivity contribution in [3.8, 4) is 17.6 Å². The number of carbonyl (C=O) groups excluding carboxylic acids is 1. The Morgan fingerprint density at radius 1 is 1.00 bits per heavy atom. The summed E-state index contributed by atoms with van der Waals surface area (Å²) in [6.45, 7) is 4.02. The summed E-state index contributed by atoms with van der Waals surface area (Å²) in [6.07, 6.45) is 6.81. The Hall–Kier alpha value is -2.53. The lowest BCUT2D eigenvalue weighted by molar-refractivity contribution is -0.120. The second kappa shape index (κ2) is 9.42. The van der Waals surface area contributed by atoms with Crippen LogP contribution in [0.3, 0.4) is 0 Å². The summed E-state index contributed by atoms with van der Waals surface area (Å²) in [5.74, 6) is 7.59. The molecule has 1 saturated carbocycles. The second-order valence-corrected chi connectivity index (χ2v) is 7.36. The van der Waals surface area contributed by atoms with Gasteiger partial charge in [-0.1, -0.05) is 37.8 Å². The van der Waals surface area contributed by atoms with Crippen molar-refractivity contribution in [2.75, 3.05) is 0 Å². The van der Waals surface area contributed by atoms with Gasteiger partial charge in [-0.2, -0.15) is 0 Å². The fourth-order valence-corrected chi connectivity index (χ4v) is 3.46. The molecule has 2 aromatic rings. The molecule has 2 aromatic carbocycles. The van der Waals surface area contributed by atoms with Gasteiger partial charge in [-0.3, -0.25) is 4.79 Å². The third kappa shape index (κ3) is 5.47. The lowest BCUT2D eigenvalue weighted by Crippen LogP contribution is -2.10. The number of carbonyl (C=O) groups is 1. The minimum absolute atomic E-state index is 0.0422. The Bertz CT molecular complexity index is 800. The minimum atomic E-state index is -0.0422. The van der Waals surface area contributed by atoms with E-state index in [4.69, 9.17) is 4.74 Å². The van der Waals surface area contributed by atoms with E-state index in [1.54, 1.807) is 0 Å². The summed E-state index contributed by atoms with van der Waals surface area (Å²) < 4.78 is 5.99. The lowest BCUT2D eigenvalue weighted by Gasteiger charge is -2.12. The fraction of sp³-hybridized carbons (Fsp3) is 0.400. The van der Waals surface area contributed by atoms with Gasteiger partial charge in [0.25, 0.3) is 0 Å². The first-order chi connectivity index (χ1) is 13.2. The molecule has 2 heteroatoms. The highest BCUT2D eigenvalue weighted by molar-refractivity contribution is 5.85. The summed E-state index contributed by atoms with van der Waals surface area (Å²) in [4.78, 5) is 12.0. The first-order valence-corrected chi connectivity index (χ1v) is 10.1. The molecule has 1 aliphatic carbocycles. The first-order valence-electron chi connectivity index (χ1n) is 10.1. The average Bonchev–Trinajstić information content (AvgIpc) is 3.20. The number of Topliss-reactive ketones (excluding diaryl/α,β-unsaturated/α-hetero) is 1. The topological polar surface area (TPSA) is 26.3 Å². The summed E-state index contributed by atoms with van der Waals surface area (Å²) in [6, 6.07) is 16.1.